The second-order valence-electron chi connectivity index (χ2n) is 3.92. The Bertz CT molecular complexity index is 524. The first-order chi connectivity index (χ1) is 7.99. The number of anilines is 1. The highest BCUT2D eigenvalue weighted by atomic mass is 16.6. The highest BCUT2D eigenvalue weighted by Crippen LogP contribution is 2.27. The van der Waals surface area contributed by atoms with Gasteiger partial charge >= 0.3 is 0 Å². The number of carbonyl (C=O) groups is 2. The van der Waals surface area contributed by atoms with Crippen LogP contribution in [0.15, 0.2) is 18.2 Å². The molecule has 1 fully saturated rings. The zero-order valence-electron chi connectivity index (χ0n) is 9.17. The van der Waals surface area contributed by atoms with E-state index in [2.05, 4.69) is 0 Å². The normalized spacial score (nSPS) is 15.5. The van der Waals surface area contributed by atoms with E-state index in [-0.39, 0.29) is 30.3 Å². The monoisotopic (exact) mass is 234 g/mol. The molecule has 0 N–H and O–H groups in total. The van der Waals surface area contributed by atoms with E-state index in [1.165, 1.54) is 11.0 Å². The van der Waals surface area contributed by atoms with Crippen LogP contribution >= 0.6 is 0 Å². The third-order valence-corrected chi connectivity index (χ3v) is 2.69. The highest BCUT2D eigenvalue weighted by molar-refractivity contribution is 6.15. The number of benzene rings is 1. The van der Waals surface area contributed by atoms with Gasteiger partial charge in [-0.15, -0.1) is 0 Å². The van der Waals surface area contributed by atoms with Gasteiger partial charge in [0.1, 0.15) is 0 Å². The van der Waals surface area contributed by atoms with Crippen LogP contribution in [-0.4, -0.2) is 23.2 Å². The minimum atomic E-state index is -0.499. The molecule has 0 aromatic heterocycles. The Balaban J connectivity index is 2.40. The van der Waals surface area contributed by atoms with Crippen molar-refractivity contribution in [1.82, 2.24) is 0 Å². The van der Waals surface area contributed by atoms with Crippen molar-refractivity contribution in [3.8, 4) is 0 Å². The van der Waals surface area contributed by atoms with Gasteiger partial charge in [0.25, 0.3) is 5.69 Å². The second-order valence-corrected chi connectivity index (χ2v) is 3.92. The molecule has 6 heteroatoms. The summed E-state index contributed by atoms with van der Waals surface area (Å²) in [5.41, 5.74) is 0.879. The lowest BCUT2D eigenvalue weighted by Crippen LogP contribution is -2.24. The molecule has 1 aromatic carbocycles. The molecule has 2 rings (SSSR count). The summed E-state index contributed by atoms with van der Waals surface area (Å²) < 4.78 is 0. The van der Waals surface area contributed by atoms with Gasteiger partial charge in [0.2, 0.25) is 5.91 Å². The first kappa shape index (κ1) is 11.3. The van der Waals surface area contributed by atoms with Crippen molar-refractivity contribution < 1.29 is 14.5 Å². The maximum Gasteiger partial charge on any atom is 0.274 e. The van der Waals surface area contributed by atoms with Gasteiger partial charge in [0.15, 0.2) is 5.78 Å². The predicted octanol–water partition coefficient (Wildman–Crippen LogP) is 1.21. The molecule has 1 aliphatic heterocycles. The van der Waals surface area contributed by atoms with Crippen LogP contribution in [0.5, 0.6) is 0 Å². The number of amides is 1. The number of hydrogen-bond acceptors (Lipinski definition) is 4. The van der Waals surface area contributed by atoms with Crippen molar-refractivity contribution in [2.24, 2.45) is 0 Å². The van der Waals surface area contributed by atoms with Crippen LogP contribution in [0.4, 0.5) is 11.4 Å². The van der Waals surface area contributed by atoms with Crippen molar-refractivity contribution in [1.29, 1.82) is 0 Å². The van der Waals surface area contributed by atoms with E-state index in [1.807, 2.05) is 0 Å². The quantitative estimate of drug-likeness (QED) is 0.437. The van der Waals surface area contributed by atoms with Gasteiger partial charge in [0, 0.05) is 11.6 Å². The molecule has 1 saturated heterocycles. The molecule has 0 aliphatic carbocycles. The minimum Gasteiger partial charge on any atom is -0.304 e. The molecule has 1 aliphatic rings. The molecular weight excluding hydrogens is 224 g/mol. The minimum absolute atomic E-state index is 0.000944. The number of carbonyl (C=O) groups excluding carboxylic acids is 2. The smallest absolute Gasteiger partial charge is 0.274 e. The van der Waals surface area contributed by atoms with Crippen LogP contribution < -0.4 is 4.90 Å². The number of hydrogen-bond donors (Lipinski definition) is 0. The lowest BCUT2D eigenvalue weighted by Gasteiger charge is -2.14. The summed E-state index contributed by atoms with van der Waals surface area (Å²) in [6.07, 6.45) is -0.123. The summed E-state index contributed by atoms with van der Waals surface area (Å²) in [6.45, 7) is 1.62. The maximum atomic E-state index is 11.5. The number of Topliss-reactive ketones (excluding diaryl/α,β-unsaturated/α-hetero) is 1. The first-order valence-corrected chi connectivity index (χ1v) is 5.06. The average molecular weight is 234 g/mol. The van der Waals surface area contributed by atoms with E-state index in [4.69, 9.17) is 0 Å². The number of nitrogens with zero attached hydrogens (tertiary/aromatic N) is 2. The van der Waals surface area contributed by atoms with Gasteiger partial charge < -0.3 is 4.90 Å². The zero-order valence-corrected chi connectivity index (χ0v) is 9.17. The van der Waals surface area contributed by atoms with Gasteiger partial charge in [-0.05, 0) is 13.0 Å². The summed E-state index contributed by atoms with van der Waals surface area (Å²) in [5, 5.41) is 10.8. The predicted molar refractivity (Wildman–Crippen MR) is 59.8 cm³/mol. The molecule has 6 nitrogen and oxygen atoms in total. The molecule has 0 atom stereocenters. The summed E-state index contributed by atoms with van der Waals surface area (Å²) in [7, 11) is 0. The Labute approximate surface area is 97.0 Å². The Hall–Kier alpha value is -2.24. The molecule has 0 bridgehead atoms. The van der Waals surface area contributed by atoms with Crippen LogP contribution in [-0.2, 0) is 9.59 Å². The van der Waals surface area contributed by atoms with Crippen molar-refractivity contribution >= 4 is 23.1 Å². The van der Waals surface area contributed by atoms with Crippen molar-refractivity contribution in [3.05, 3.63) is 33.9 Å². The summed E-state index contributed by atoms with van der Waals surface area (Å²) in [5.74, 6) is -0.480. The molecule has 0 radical (unpaired) electrons. The van der Waals surface area contributed by atoms with Crippen molar-refractivity contribution in [3.63, 3.8) is 0 Å². The fourth-order valence-electron chi connectivity index (χ4n) is 1.78. The Morgan fingerprint density at radius 2 is 2.06 bits per heavy atom. The summed E-state index contributed by atoms with van der Waals surface area (Å²) >= 11 is 0. The number of rotatable bonds is 2. The number of ketones is 1. The van der Waals surface area contributed by atoms with Gasteiger partial charge in [-0.25, -0.2) is 0 Å². The summed E-state index contributed by atoms with van der Waals surface area (Å²) in [4.78, 5) is 34.2. The van der Waals surface area contributed by atoms with Crippen molar-refractivity contribution in [2.75, 3.05) is 11.4 Å². The fourth-order valence-corrected chi connectivity index (χ4v) is 1.78. The van der Waals surface area contributed by atoms with E-state index in [1.54, 1.807) is 19.1 Å². The molecule has 0 saturated carbocycles. The van der Waals surface area contributed by atoms with Gasteiger partial charge in [-0.3, -0.25) is 19.7 Å². The van der Waals surface area contributed by atoms with E-state index >= 15 is 0 Å². The van der Waals surface area contributed by atoms with Crippen LogP contribution in [0.3, 0.4) is 0 Å². The molecule has 0 spiro atoms. The molecule has 0 unspecified atom stereocenters. The third-order valence-electron chi connectivity index (χ3n) is 2.69. The van der Waals surface area contributed by atoms with Crippen LogP contribution in [0.1, 0.15) is 12.0 Å². The van der Waals surface area contributed by atoms with Crippen LogP contribution in [0.25, 0.3) is 0 Å². The van der Waals surface area contributed by atoms with Gasteiger partial charge in [0.05, 0.1) is 23.6 Å². The zero-order chi connectivity index (χ0) is 12.6. The molecular formula is C11H10N2O4. The fraction of sp³-hybridized carbons (Fsp3) is 0.273. The van der Waals surface area contributed by atoms with Gasteiger partial charge in [-0.1, -0.05) is 6.07 Å². The van der Waals surface area contributed by atoms with Crippen molar-refractivity contribution in [2.45, 2.75) is 13.3 Å². The molecule has 88 valence electrons. The number of nitro benzene ring substituents is 1. The van der Waals surface area contributed by atoms with Crippen LogP contribution in [0.2, 0.25) is 0 Å². The first-order valence-electron chi connectivity index (χ1n) is 5.06. The molecule has 1 heterocycles. The third kappa shape index (κ3) is 2.01. The van der Waals surface area contributed by atoms with E-state index in [9.17, 15) is 19.7 Å². The highest BCUT2D eigenvalue weighted by Gasteiger charge is 2.29. The topological polar surface area (TPSA) is 80.5 Å². The average Bonchev–Trinajstić information content (AvgIpc) is 2.58. The van der Waals surface area contributed by atoms with Gasteiger partial charge in [-0.2, -0.15) is 0 Å². The van der Waals surface area contributed by atoms with E-state index < -0.39 is 4.92 Å². The summed E-state index contributed by atoms with van der Waals surface area (Å²) in [6, 6.07) is 4.51. The van der Waals surface area contributed by atoms with E-state index in [0.29, 0.717) is 11.3 Å². The Morgan fingerprint density at radius 1 is 1.35 bits per heavy atom. The lowest BCUT2D eigenvalue weighted by atomic mass is 10.2. The standard InChI is InChI=1S/C11H10N2O4/c1-7-2-3-8(4-10(7)13(16)17)12-6-9(14)5-11(12)15/h2-4H,5-6H2,1H3. The Kier molecular flexibility index (Phi) is 2.63. The van der Waals surface area contributed by atoms with Crippen LogP contribution in [0, 0.1) is 17.0 Å². The maximum absolute atomic E-state index is 11.5. The lowest BCUT2D eigenvalue weighted by molar-refractivity contribution is -0.385. The number of nitro groups is 1. The molecule has 17 heavy (non-hydrogen) atoms. The molecule has 1 amide bonds. The largest absolute Gasteiger partial charge is 0.304 e. The SMILES string of the molecule is Cc1ccc(N2CC(=O)CC2=O)cc1[N+](=O)[O-]. The van der Waals surface area contributed by atoms with E-state index in [0.717, 1.165) is 0 Å². The second kappa shape index (κ2) is 3.97. The number of aryl methyl sites for hydroxylation is 1. The Morgan fingerprint density at radius 3 is 2.59 bits per heavy atom. The molecule has 1 aromatic rings.